The highest BCUT2D eigenvalue weighted by atomic mass is 32.2. The van der Waals surface area contributed by atoms with Crippen molar-refractivity contribution in [3.05, 3.63) is 86.5 Å². The molecule has 8 heteroatoms. The fourth-order valence-corrected chi connectivity index (χ4v) is 5.19. The lowest BCUT2D eigenvalue weighted by molar-refractivity contribution is -0.137. The number of fused-ring (bicyclic) bond motifs is 1. The zero-order chi connectivity index (χ0) is 21.5. The first kappa shape index (κ1) is 20.7. The SMILES string of the molecule is Cc1sc2nc(SCc3cccc(C(F)(F)F)c3)n(-c3ccccc3)c(=O)c2c1C. The molecule has 0 saturated carbocycles. The predicted octanol–water partition coefficient (Wildman–Crippen LogP) is 6.38. The minimum absolute atomic E-state index is 0.167. The summed E-state index contributed by atoms with van der Waals surface area (Å²) in [6.07, 6.45) is -4.39. The number of rotatable bonds is 4. The van der Waals surface area contributed by atoms with E-state index in [9.17, 15) is 18.0 Å². The first-order valence-electron chi connectivity index (χ1n) is 9.13. The van der Waals surface area contributed by atoms with Crippen LogP contribution in [0.2, 0.25) is 0 Å². The van der Waals surface area contributed by atoms with E-state index in [4.69, 9.17) is 4.98 Å². The largest absolute Gasteiger partial charge is 0.416 e. The molecule has 0 aliphatic heterocycles. The average Bonchev–Trinajstić information content (AvgIpc) is 3.00. The lowest BCUT2D eigenvalue weighted by atomic mass is 10.1. The van der Waals surface area contributed by atoms with Gasteiger partial charge in [-0.15, -0.1) is 11.3 Å². The van der Waals surface area contributed by atoms with Gasteiger partial charge in [-0.05, 0) is 43.2 Å². The normalized spacial score (nSPS) is 11.9. The van der Waals surface area contributed by atoms with E-state index in [0.717, 1.165) is 22.6 Å². The Bertz CT molecular complexity index is 1280. The van der Waals surface area contributed by atoms with Gasteiger partial charge in [0.15, 0.2) is 5.16 Å². The second-order valence-electron chi connectivity index (χ2n) is 6.82. The molecular weight excluding hydrogens is 429 g/mol. The zero-order valence-corrected chi connectivity index (χ0v) is 17.8. The molecule has 4 aromatic rings. The molecule has 154 valence electrons. The van der Waals surface area contributed by atoms with Gasteiger partial charge in [-0.2, -0.15) is 13.2 Å². The Morgan fingerprint density at radius 1 is 1.07 bits per heavy atom. The van der Waals surface area contributed by atoms with E-state index in [1.54, 1.807) is 10.6 Å². The first-order valence-corrected chi connectivity index (χ1v) is 10.9. The molecule has 4 rings (SSSR count). The summed E-state index contributed by atoms with van der Waals surface area (Å²) in [5.41, 5.74) is 1.24. The van der Waals surface area contributed by atoms with Crippen LogP contribution in [0.15, 0.2) is 64.5 Å². The molecule has 0 atom stereocenters. The van der Waals surface area contributed by atoms with Gasteiger partial charge in [0.05, 0.1) is 16.6 Å². The van der Waals surface area contributed by atoms with E-state index in [2.05, 4.69) is 0 Å². The molecule has 0 fully saturated rings. The van der Waals surface area contributed by atoms with Gasteiger partial charge in [0.1, 0.15) is 4.83 Å². The lowest BCUT2D eigenvalue weighted by Gasteiger charge is -2.13. The van der Waals surface area contributed by atoms with Crippen LogP contribution in [0.1, 0.15) is 21.6 Å². The van der Waals surface area contributed by atoms with Gasteiger partial charge in [0, 0.05) is 10.6 Å². The molecule has 0 spiro atoms. The van der Waals surface area contributed by atoms with Crippen LogP contribution in [0.25, 0.3) is 15.9 Å². The molecular formula is C22H17F3N2OS2. The van der Waals surface area contributed by atoms with Crippen LogP contribution >= 0.6 is 23.1 Å². The number of benzene rings is 2. The molecule has 0 radical (unpaired) electrons. The molecule has 0 aliphatic carbocycles. The number of aromatic nitrogens is 2. The maximum atomic E-state index is 13.3. The summed E-state index contributed by atoms with van der Waals surface area (Å²) in [5.74, 6) is 0.262. The minimum atomic E-state index is -4.39. The Kier molecular flexibility index (Phi) is 5.46. The van der Waals surface area contributed by atoms with Crippen LogP contribution in [-0.4, -0.2) is 9.55 Å². The van der Waals surface area contributed by atoms with E-state index in [1.807, 2.05) is 44.2 Å². The third kappa shape index (κ3) is 3.89. The van der Waals surface area contributed by atoms with Gasteiger partial charge in [-0.3, -0.25) is 9.36 Å². The second kappa shape index (κ2) is 7.92. The maximum Gasteiger partial charge on any atom is 0.416 e. The van der Waals surface area contributed by atoms with Crippen molar-refractivity contribution in [2.45, 2.75) is 30.9 Å². The summed E-state index contributed by atoms with van der Waals surface area (Å²) in [6, 6.07) is 14.4. The molecule has 0 saturated heterocycles. The van der Waals surface area contributed by atoms with Crippen molar-refractivity contribution in [3.8, 4) is 5.69 Å². The highest BCUT2D eigenvalue weighted by molar-refractivity contribution is 7.98. The molecule has 2 aromatic heterocycles. The second-order valence-corrected chi connectivity index (χ2v) is 8.97. The fraction of sp³-hybridized carbons (Fsp3) is 0.182. The van der Waals surface area contributed by atoms with Crippen molar-refractivity contribution in [2.75, 3.05) is 0 Å². The van der Waals surface area contributed by atoms with E-state index in [-0.39, 0.29) is 11.3 Å². The Balaban J connectivity index is 1.80. The topological polar surface area (TPSA) is 34.9 Å². The predicted molar refractivity (Wildman–Crippen MR) is 116 cm³/mol. The third-order valence-corrected chi connectivity index (χ3v) is 6.92. The van der Waals surface area contributed by atoms with Crippen molar-refractivity contribution >= 4 is 33.3 Å². The number of para-hydroxylation sites is 1. The van der Waals surface area contributed by atoms with Gasteiger partial charge in [0.25, 0.3) is 5.56 Å². The summed E-state index contributed by atoms with van der Waals surface area (Å²) in [5, 5.41) is 1.04. The van der Waals surface area contributed by atoms with Crippen LogP contribution in [0.3, 0.4) is 0 Å². The molecule has 0 bridgehead atoms. The Morgan fingerprint density at radius 2 is 1.80 bits per heavy atom. The van der Waals surface area contributed by atoms with E-state index >= 15 is 0 Å². The Labute approximate surface area is 179 Å². The average molecular weight is 447 g/mol. The van der Waals surface area contributed by atoms with Crippen molar-refractivity contribution < 1.29 is 13.2 Å². The van der Waals surface area contributed by atoms with E-state index in [0.29, 0.717) is 26.6 Å². The molecule has 0 amide bonds. The number of hydrogen-bond donors (Lipinski definition) is 0. The molecule has 0 unspecified atom stereocenters. The number of thiophene rings is 1. The maximum absolute atomic E-state index is 13.3. The summed E-state index contributed by atoms with van der Waals surface area (Å²) in [7, 11) is 0. The molecule has 0 aliphatic rings. The van der Waals surface area contributed by atoms with Crippen LogP contribution in [0, 0.1) is 13.8 Å². The van der Waals surface area contributed by atoms with Crippen LogP contribution in [-0.2, 0) is 11.9 Å². The highest BCUT2D eigenvalue weighted by Crippen LogP contribution is 2.33. The van der Waals surface area contributed by atoms with E-state index in [1.165, 1.54) is 29.2 Å². The Hall–Kier alpha value is -2.58. The summed E-state index contributed by atoms with van der Waals surface area (Å²) >= 11 is 2.70. The fourth-order valence-electron chi connectivity index (χ4n) is 3.16. The van der Waals surface area contributed by atoms with E-state index < -0.39 is 11.7 Å². The molecule has 2 aromatic carbocycles. The number of alkyl halides is 3. The monoisotopic (exact) mass is 446 g/mol. The summed E-state index contributed by atoms with van der Waals surface area (Å²) in [4.78, 5) is 19.7. The highest BCUT2D eigenvalue weighted by Gasteiger charge is 2.30. The standard InChI is InChI=1S/C22H17F3N2OS2/c1-13-14(2)30-19-18(13)20(28)27(17-9-4-3-5-10-17)21(26-19)29-12-15-7-6-8-16(11-15)22(23,24)25/h3-11H,12H2,1-2H3. The van der Waals surface area contributed by atoms with Gasteiger partial charge < -0.3 is 0 Å². The first-order chi connectivity index (χ1) is 14.3. The van der Waals surface area contributed by atoms with Crippen molar-refractivity contribution in [1.82, 2.24) is 9.55 Å². The number of halogens is 3. The molecule has 2 heterocycles. The minimum Gasteiger partial charge on any atom is -0.268 e. The number of aryl methyl sites for hydroxylation is 2. The van der Waals surface area contributed by atoms with Gasteiger partial charge in [0.2, 0.25) is 0 Å². The van der Waals surface area contributed by atoms with Gasteiger partial charge >= 0.3 is 6.18 Å². The number of thioether (sulfide) groups is 1. The third-order valence-electron chi connectivity index (χ3n) is 4.81. The van der Waals surface area contributed by atoms with Crippen molar-refractivity contribution in [3.63, 3.8) is 0 Å². The molecule has 30 heavy (non-hydrogen) atoms. The molecule has 0 N–H and O–H groups in total. The smallest absolute Gasteiger partial charge is 0.268 e. The molecule has 3 nitrogen and oxygen atoms in total. The quantitative estimate of drug-likeness (QED) is 0.270. The van der Waals surface area contributed by atoms with Crippen LogP contribution in [0.5, 0.6) is 0 Å². The lowest BCUT2D eigenvalue weighted by Crippen LogP contribution is -2.21. The van der Waals surface area contributed by atoms with Crippen LogP contribution < -0.4 is 5.56 Å². The van der Waals surface area contributed by atoms with Crippen molar-refractivity contribution in [1.29, 1.82) is 0 Å². The zero-order valence-electron chi connectivity index (χ0n) is 16.2. The number of nitrogens with zero attached hydrogens (tertiary/aromatic N) is 2. The summed E-state index contributed by atoms with van der Waals surface area (Å²) in [6.45, 7) is 3.85. The Morgan fingerprint density at radius 3 is 2.50 bits per heavy atom. The van der Waals surface area contributed by atoms with Gasteiger partial charge in [-0.1, -0.05) is 48.2 Å². The van der Waals surface area contributed by atoms with Gasteiger partial charge in [-0.25, -0.2) is 4.98 Å². The van der Waals surface area contributed by atoms with Crippen LogP contribution in [0.4, 0.5) is 13.2 Å². The number of hydrogen-bond acceptors (Lipinski definition) is 4. The summed E-state index contributed by atoms with van der Waals surface area (Å²) < 4.78 is 40.6. The van der Waals surface area contributed by atoms with Crippen molar-refractivity contribution in [2.24, 2.45) is 0 Å².